The second-order valence-corrected chi connectivity index (χ2v) is 8.17. The molecule has 8 heteroatoms. The number of nitrogens with zero attached hydrogens (tertiary/aromatic N) is 5. The van der Waals surface area contributed by atoms with E-state index in [1.807, 2.05) is 17.0 Å². The van der Waals surface area contributed by atoms with Crippen molar-refractivity contribution < 1.29 is 9.90 Å². The molecule has 3 N–H and O–H groups in total. The zero-order valence-electron chi connectivity index (χ0n) is 15.8. The van der Waals surface area contributed by atoms with Crippen molar-refractivity contribution in [2.75, 3.05) is 26.2 Å². The number of piperidine rings is 3. The zero-order chi connectivity index (χ0) is 19.3. The molecule has 28 heavy (non-hydrogen) atoms. The third kappa shape index (κ3) is 2.79. The highest BCUT2D eigenvalue weighted by Gasteiger charge is 2.55. The topological polar surface area (TPSA) is 101 Å². The molecule has 6 rings (SSSR count). The first-order chi connectivity index (χ1) is 13.7. The van der Waals surface area contributed by atoms with Crippen LogP contribution in [0.15, 0.2) is 30.5 Å². The highest BCUT2D eigenvalue weighted by Crippen LogP contribution is 2.47. The van der Waals surface area contributed by atoms with Crippen LogP contribution in [-0.2, 0) is 6.54 Å². The van der Waals surface area contributed by atoms with Crippen molar-refractivity contribution in [1.29, 1.82) is 0 Å². The predicted molar refractivity (Wildman–Crippen MR) is 103 cm³/mol. The van der Waals surface area contributed by atoms with Crippen LogP contribution in [0.25, 0.3) is 0 Å². The number of nitrogens with two attached hydrogens (primary N) is 1. The minimum absolute atomic E-state index is 0.0466. The summed E-state index contributed by atoms with van der Waals surface area (Å²) in [5.74, 6) is 0.956. The first kappa shape index (κ1) is 17.6. The van der Waals surface area contributed by atoms with Crippen LogP contribution in [0, 0.1) is 5.92 Å². The van der Waals surface area contributed by atoms with E-state index in [-0.39, 0.29) is 23.6 Å². The summed E-state index contributed by atoms with van der Waals surface area (Å²) in [6, 6.07) is 7.99. The van der Waals surface area contributed by atoms with Gasteiger partial charge in [0, 0.05) is 25.0 Å². The number of hydrogen-bond acceptors (Lipinski definition) is 6. The first-order valence-corrected chi connectivity index (χ1v) is 10.1. The molecule has 0 aliphatic carbocycles. The molecule has 0 spiro atoms. The number of carbonyl (C=O) groups is 1. The maximum absolute atomic E-state index is 13.4. The SMILES string of the molecule is NCCn1cc(C(=O)N2C[C@@H](c3cccc(O)c3)[C@@H]3[C@H]2C2CCN3CC2)nn1. The molecule has 0 saturated carbocycles. The molecule has 1 amide bonds. The van der Waals surface area contributed by atoms with E-state index in [1.54, 1.807) is 16.9 Å². The third-order valence-electron chi connectivity index (χ3n) is 6.67. The van der Waals surface area contributed by atoms with Crippen molar-refractivity contribution >= 4 is 5.91 Å². The van der Waals surface area contributed by atoms with Gasteiger partial charge in [0.15, 0.2) is 5.69 Å². The summed E-state index contributed by atoms with van der Waals surface area (Å²) < 4.78 is 1.63. The minimum atomic E-state index is -0.0466. The number of fused-ring (bicyclic) bond motifs is 2. The molecule has 1 aromatic heterocycles. The van der Waals surface area contributed by atoms with Gasteiger partial charge in [-0.15, -0.1) is 5.10 Å². The lowest BCUT2D eigenvalue weighted by molar-refractivity contribution is -0.00359. The van der Waals surface area contributed by atoms with E-state index in [0.717, 1.165) is 31.5 Å². The van der Waals surface area contributed by atoms with Crippen LogP contribution >= 0.6 is 0 Å². The number of amides is 1. The molecule has 0 radical (unpaired) electrons. The molecule has 5 heterocycles. The Morgan fingerprint density at radius 1 is 1.25 bits per heavy atom. The van der Waals surface area contributed by atoms with Crippen LogP contribution in [0.1, 0.15) is 34.8 Å². The van der Waals surface area contributed by atoms with Gasteiger partial charge in [-0.2, -0.15) is 0 Å². The molecule has 3 atom stereocenters. The van der Waals surface area contributed by atoms with Crippen molar-refractivity contribution in [1.82, 2.24) is 24.8 Å². The Bertz CT molecular complexity index is 875. The summed E-state index contributed by atoms with van der Waals surface area (Å²) in [6.45, 7) is 3.84. The van der Waals surface area contributed by atoms with E-state index in [1.165, 1.54) is 0 Å². The number of rotatable bonds is 4. The van der Waals surface area contributed by atoms with Crippen molar-refractivity contribution in [3.8, 4) is 5.75 Å². The van der Waals surface area contributed by atoms with Crippen LogP contribution in [0.4, 0.5) is 0 Å². The maximum atomic E-state index is 13.4. The monoisotopic (exact) mass is 382 g/mol. The quantitative estimate of drug-likeness (QED) is 0.805. The molecule has 4 aliphatic heterocycles. The number of likely N-dealkylation sites (tertiary alicyclic amines) is 1. The minimum Gasteiger partial charge on any atom is -0.508 e. The van der Waals surface area contributed by atoms with Crippen LogP contribution in [0.3, 0.4) is 0 Å². The van der Waals surface area contributed by atoms with Gasteiger partial charge in [0.05, 0.1) is 18.8 Å². The normalized spacial score (nSPS) is 31.2. The van der Waals surface area contributed by atoms with Gasteiger partial charge in [-0.25, -0.2) is 0 Å². The lowest BCUT2D eigenvalue weighted by Gasteiger charge is -2.51. The Hall–Kier alpha value is -2.45. The fraction of sp³-hybridized carbons (Fsp3) is 0.550. The third-order valence-corrected chi connectivity index (χ3v) is 6.67. The Labute approximate surface area is 163 Å². The average Bonchev–Trinajstić information content (AvgIpc) is 3.35. The van der Waals surface area contributed by atoms with E-state index in [0.29, 0.717) is 37.3 Å². The highest BCUT2D eigenvalue weighted by molar-refractivity contribution is 5.92. The average molecular weight is 382 g/mol. The summed E-state index contributed by atoms with van der Waals surface area (Å²) in [6.07, 6.45) is 3.97. The van der Waals surface area contributed by atoms with Gasteiger partial charge in [-0.05, 0) is 49.5 Å². The van der Waals surface area contributed by atoms with Gasteiger partial charge < -0.3 is 15.7 Å². The van der Waals surface area contributed by atoms with Crippen molar-refractivity contribution in [2.45, 2.75) is 37.4 Å². The Balaban J connectivity index is 1.48. The summed E-state index contributed by atoms with van der Waals surface area (Å²) in [5.41, 5.74) is 7.07. The molecule has 4 saturated heterocycles. The summed E-state index contributed by atoms with van der Waals surface area (Å²) in [5, 5.41) is 18.1. The zero-order valence-corrected chi connectivity index (χ0v) is 15.8. The highest BCUT2D eigenvalue weighted by atomic mass is 16.3. The molecule has 8 nitrogen and oxygen atoms in total. The van der Waals surface area contributed by atoms with Gasteiger partial charge >= 0.3 is 0 Å². The molecule has 2 bridgehead atoms. The predicted octanol–water partition coefficient (Wildman–Crippen LogP) is 0.645. The Kier molecular flexibility index (Phi) is 4.32. The molecule has 4 aliphatic rings. The fourth-order valence-electron chi connectivity index (χ4n) is 5.49. The van der Waals surface area contributed by atoms with Gasteiger partial charge in [0.1, 0.15) is 5.75 Å². The second kappa shape index (κ2) is 6.86. The Morgan fingerprint density at radius 2 is 2.07 bits per heavy atom. The molecule has 0 unspecified atom stereocenters. The fourth-order valence-corrected chi connectivity index (χ4v) is 5.49. The molecule has 4 fully saturated rings. The van der Waals surface area contributed by atoms with E-state index < -0.39 is 0 Å². The molecular formula is C20H26N6O2. The summed E-state index contributed by atoms with van der Waals surface area (Å²) in [7, 11) is 0. The summed E-state index contributed by atoms with van der Waals surface area (Å²) >= 11 is 0. The van der Waals surface area contributed by atoms with E-state index in [4.69, 9.17) is 5.73 Å². The number of benzene rings is 1. The molecule has 1 aromatic carbocycles. The van der Waals surface area contributed by atoms with Crippen LogP contribution in [0.2, 0.25) is 0 Å². The van der Waals surface area contributed by atoms with Crippen LogP contribution < -0.4 is 5.73 Å². The second-order valence-electron chi connectivity index (χ2n) is 8.17. The van der Waals surface area contributed by atoms with Gasteiger partial charge in [-0.3, -0.25) is 14.4 Å². The molecule has 2 aromatic rings. The maximum Gasteiger partial charge on any atom is 0.276 e. The largest absolute Gasteiger partial charge is 0.508 e. The van der Waals surface area contributed by atoms with Crippen LogP contribution in [-0.4, -0.2) is 74.1 Å². The lowest BCUT2D eigenvalue weighted by atomic mass is 9.75. The van der Waals surface area contributed by atoms with Gasteiger partial charge in [-0.1, -0.05) is 17.3 Å². The number of phenolic OH excluding ortho intramolecular Hbond substituents is 1. The van der Waals surface area contributed by atoms with Crippen molar-refractivity contribution in [3.05, 3.63) is 41.7 Å². The van der Waals surface area contributed by atoms with E-state index in [9.17, 15) is 9.90 Å². The smallest absolute Gasteiger partial charge is 0.276 e. The number of aromatic nitrogens is 3. The number of phenols is 1. The molecule has 148 valence electrons. The van der Waals surface area contributed by atoms with Crippen LogP contribution in [0.5, 0.6) is 5.75 Å². The Morgan fingerprint density at radius 3 is 2.82 bits per heavy atom. The van der Waals surface area contributed by atoms with Crippen molar-refractivity contribution in [3.63, 3.8) is 0 Å². The first-order valence-electron chi connectivity index (χ1n) is 10.1. The number of aromatic hydroxyl groups is 1. The van der Waals surface area contributed by atoms with Gasteiger partial charge in [0.25, 0.3) is 5.91 Å². The standard InChI is InChI=1S/C20H26N6O2/c21-6-9-25-12-17(22-23-25)20(28)26-11-16(14-2-1-3-15(27)10-14)19-18(26)13-4-7-24(19)8-5-13/h1-3,10,12-13,16,18-19,27H,4-9,11,21H2/t16-,18+,19+/m0/s1. The van der Waals surface area contributed by atoms with Gasteiger partial charge in [0.2, 0.25) is 0 Å². The van der Waals surface area contributed by atoms with Crippen molar-refractivity contribution in [2.24, 2.45) is 11.7 Å². The number of hydrogen-bond donors (Lipinski definition) is 2. The number of carbonyl (C=O) groups excluding carboxylic acids is 1. The van der Waals surface area contributed by atoms with E-state index >= 15 is 0 Å². The lowest BCUT2D eigenvalue weighted by Crippen LogP contribution is -2.60. The van der Waals surface area contributed by atoms with E-state index in [2.05, 4.69) is 21.3 Å². The molecular weight excluding hydrogens is 356 g/mol. The summed E-state index contributed by atoms with van der Waals surface area (Å²) in [4.78, 5) is 17.9.